The molecule has 1 aliphatic carbocycles. The van der Waals surface area contributed by atoms with Gasteiger partial charge in [0.25, 0.3) is 0 Å². The van der Waals surface area contributed by atoms with Gasteiger partial charge in [-0.2, -0.15) is 0 Å². The van der Waals surface area contributed by atoms with Gasteiger partial charge in [-0.05, 0) is 25.8 Å². The lowest BCUT2D eigenvalue weighted by Gasteiger charge is -2.29. The highest BCUT2D eigenvalue weighted by molar-refractivity contribution is 4.88. The van der Waals surface area contributed by atoms with Crippen LogP contribution >= 0.6 is 0 Å². The van der Waals surface area contributed by atoms with Gasteiger partial charge in [0, 0.05) is 26.9 Å². The minimum atomic E-state index is 0.129. The molecule has 0 spiro atoms. The molecule has 0 atom stereocenters. The number of hydrogen-bond donors (Lipinski definition) is 1. The van der Waals surface area contributed by atoms with Crippen molar-refractivity contribution < 1.29 is 9.47 Å². The maximum atomic E-state index is 6.05. The van der Waals surface area contributed by atoms with Crippen LogP contribution in [0.4, 0.5) is 0 Å². The second-order valence-corrected chi connectivity index (χ2v) is 4.37. The van der Waals surface area contributed by atoms with Crippen LogP contribution in [0.3, 0.4) is 0 Å². The van der Waals surface area contributed by atoms with E-state index in [0.717, 1.165) is 32.7 Å². The van der Waals surface area contributed by atoms with Gasteiger partial charge in [0.05, 0.1) is 5.60 Å². The normalized spacial score (nSPS) is 19.6. The summed E-state index contributed by atoms with van der Waals surface area (Å²) in [7, 11) is 1.74. The Hall–Kier alpha value is -0.120. The maximum Gasteiger partial charge on any atom is 0.0806 e. The van der Waals surface area contributed by atoms with Crippen LogP contribution in [0.2, 0.25) is 0 Å². The largest absolute Gasteiger partial charge is 0.385 e. The summed E-state index contributed by atoms with van der Waals surface area (Å²) in [5, 5.41) is 3.42. The Morgan fingerprint density at radius 3 is 2.53 bits per heavy atom. The van der Waals surface area contributed by atoms with Crippen LogP contribution < -0.4 is 5.32 Å². The highest BCUT2D eigenvalue weighted by Crippen LogP contribution is 2.32. The summed E-state index contributed by atoms with van der Waals surface area (Å²) in [6.45, 7) is 5.82. The molecule has 1 N–H and O–H groups in total. The van der Waals surface area contributed by atoms with E-state index in [2.05, 4.69) is 12.2 Å². The Morgan fingerprint density at radius 1 is 1.20 bits per heavy atom. The molecule has 0 aromatic rings. The van der Waals surface area contributed by atoms with E-state index in [1.807, 2.05) is 0 Å². The third kappa shape index (κ3) is 4.49. The van der Waals surface area contributed by atoms with Crippen molar-refractivity contribution in [2.75, 3.05) is 33.4 Å². The van der Waals surface area contributed by atoms with Crippen LogP contribution in [0.5, 0.6) is 0 Å². The zero-order valence-corrected chi connectivity index (χ0v) is 10.2. The highest BCUT2D eigenvalue weighted by atomic mass is 16.5. The van der Waals surface area contributed by atoms with Crippen LogP contribution in [0.15, 0.2) is 0 Å². The Bertz CT molecular complexity index is 156. The van der Waals surface area contributed by atoms with Crippen LogP contribution in [0.25, 0.3) is 0 Å². The quantitative estimate of drug-likeness (QED) is 0.628. The van der Waals surface area contributed by atoms with Gasteiger partial charge in [-0.25, -0.2) is 0 Å². The smallest absolute Gasteiger partial charge is 0.0806 e. The minimum absolute atomic E-state index is 0.129. The molecule has 0 radical (unpaired) electrons. The summed E-state index contributed by atoms with van der Waals surface area (Å²) in [5.74, 6) is 0. The van der Waals surface area contributed by atoms with Crippen LogP contribution in [0.1, 0.15) is 39.0 Å². The van der Waals surface area contributed by atoms with Gasteiger partial charge in [-0.1, -0.05) is 19.8 Å². The van der Waals surface area contributed by atoms with Crippen molar-refractivity contribution in [3.05, 3.63) is 0 Å². The molecule has 0 aliphatic heterocycles. The molecule has 1 rings (SSSR count). The number of rotatable bonds is 8. The number of hydrogen-bond acceptors (Lipinski definition) is 3. The lowest BCUT2D eigenvalue weighted by Crippen LogP contribution is -2.41. The fraction of sp³-hybridized carbons (Fsp3) is 1.00. The molecule has 1 aliphatic rings. The van der Waals surface area contributed by atoms with E-state index in [0.29, 0.717) is 0 Å². The Balaban J connectivity index is 2.23. The van der Waals surface area contributed by atoms with Gasteiger partial charge in [-0.15, -0.1) is 0 Å². The molecule has 1 fully saturated rings. The molecule has 1 saturated carbocycles. The van der Waals surface area contributed by atoms with Crippen molar-refractivity contribution in [1.29, 1.82) is 0 Å². The summed E-state index contributed by atoms with van der Waals surface area (Å²) in [6.07, 6.45) is 6.07. The zero-order chi connectivity index (χ0) is 11.0. The highest BCUT2D eigenvalue weighted by Gasteiger charge is 2.33. The van der Waals surface area contributed by atoms with Crippen LogP contribution in [-0.2, 0) is 9.47 Å². The summed E-state index contributed by atoms with van der Waals surface area (Å²) in [5.41, 5.74) is 0.129. The average molecular weight is 215 g/mol. The van der Waals surface area contributed by atoms with Gasteiger partial charge >= 0.3 is 0 Å². The molecule has 0 aromatic heterocycles. The Labute approximate surface area is 93.5 Å². The Morgan fingerprint density at radius 2 is 1.93 bits per heavy atom. The Kier molecular flexibility index (Phi) is 6.22. The molecule has 3 heteroatoms. The minimum Gasteiger partial charge on any atom is -0.385 e. The van der Waals surface area contributed by atoms with Gasteiger partial charge < -0.3 is 14.8 Å². The zero-order valence-electron chi connectivity index (χ0n) is 10.2. The van der Waals surface area contributed by atoms with E-state index in [4.69, 9.17) is 9.47 Å². The van der Waals surface area contributed by atoms with Crippen molar-refractivity contribution in [1.82, 2.24) is 5.32 Å². The average Bonchev–Trinajstić information content (AvgIpc) is 2.71. The van der Waals surface area contributed by atoms with E-state index >= 15 is 0 Å². The number of likely N-dealkylation sites (N-methyl/N-ethyl adjacent to an activating group) is 1. The van der Waals surface area contributed by atoms with Crippen LogP contribution in [-0.4, -0.2) is 39.0 Å². The van der Waals surface area contributed by atoms with E-state index in [1.165, 1.54) is 25.7 Å². The molecule has 0 bridgehead atoms. The number of nitrogens with one attached hydrogen (secondary N) is 1. The summed E-state index contributed by atoms with van der Waals surface area (Å²) in [6, 6.07) is 0. The monoisotopic (exact) mass is 215 g/mol. The van der Waals surface area contributed by atoms with E-state index < -0.39 is 0 Å². The van der Waals surface area contributed by atoms with E-state index in [1.54, 1.807) is 7.11 Å². The van der Waals surface area contributed by atoms with Crippen LogP contribution in [0, 0.1) is 0 Å². The molecular weight excluding hydrogens is 190 g/mol. The van der Waals surface area contributed by atoms with Crippen molar-refractivity contribution in [2.45, 2.75) is 44.6 Å². The van der Waals surface area contributed by atoms with E-state index in [9.17, 15) is 0 Å². The number of methoxy groups -OCH3 is 1. The maximum absolute atomic E-state index is 6.05. The second kappa shape index (κ2) is 7.20. The van der Waals surface area contributed by atoms with Crippen molar-refractivity contribution >= 4 is 0 Å². The van der Waals surface area contributed by atoms with Crippen molar-refractivity contribution in [3.63, 3.8) is 0 Å². The first kappa shape index (κ1) is 12.9. The predicted molar refractivity (Wildman–Crippen MR) is 62.2 cm³/mol. The van der Waals surface area contributed by atoms with Gasteiger partial charge in [0.15, 0.2) is 0 Å². The fourth-order valence-electron chi connectivity index (χ4n) is 2.24. The SMILES string of the molecule is CCNCC1(OCCCOC)CCCC1. The fourth-order valence-corrected chi connectivity index (χ4v) is 2.24. The summed E-state index contributed by atoms with van der Waals surface area (Å²) >= 11 is 0. The number of ether oxygens (including phenoxy) is 2. The topological polar surface area (TPSA) is 30.5 Å². The van der Waals surface area contributed by atoms with Crippen molar-refractivity contribution in [2.24, 2.45) is 0 Å². The molecule has 0 aromatic carbocycles. The molecule has 15 heavy (non-hydrogen) atoms. The van der Waals surface area contributed by atoms with Gasteiger partial charge in [0.1, 0.15) is 0 Å². The second-order valence-electron chi connectivity index (χ2n) is 4.37. The molecule has 90 valence electrons. The summed E-state index contributed by atoms with van der Waals surface area (Å²) in [4.78, 5) is 0. The lowest BCUT2D eigenvalue weighted by atomic mass is 10.0. The molecule has 0 saturated heterocycles. The lowest BCUT2D eigenvalue weighted by molar-refractivity contribution is -0.0447. The first-order valence-electron chi connectivity index (χ1n) is 6.16. The third-order valence-electron chi connectivity index (χ3n) is 3.11. The predicted octanol–water partition coefficient (Wildman–Crippen LogP) is 1.96. The standard InChI is InChI=1S/C12H25NO2/c1-3-13-11-12(7-4-5-8-12)15-10-6-9-14-2/h13H,3-11H2,1-2H3. The first-order chi connectivity index (χ1) is 7.33. The van der Waals surface area contributed by atoms with Crippen molar-refractivity contribution in [3.8, 4) is 0 Å². The molecule has 0 unspecified atom stereocenters. The summed E-state index contributed by atoms with van der Waals surface area (Å²) < 4.78 is 11.1. The molecular formula is C12H25NO2. The third-order valence-corrected chi connectivity index (χ3v) is 3.11. The van der Waals surface area contributed by atoms with Gasteiger partial charge in [0.2, 0.25) is 0 Å². The van der Waals surface area contributed by atoms with E-state index in [-0.39, 0.29) is 5.60 Å². The first-order valence-corrected chi connectivity index (χ1v) is 6.16. The molecule has 3 nitrogen and oxygen atoms in total. The molecule has 0 heterocycles. The molecule has 0 amide bonds. The van der Waals surface area contributed by atoms with Gasteiger partial charge in [-0.3, -0.25) is 0 Å².